The molecule has 0 bridgehead atoms. The molecule has 3 N–H and O–H groups in total. The summed E-state index contributed by atoms with van der Waals surface area (Å²) in [5.74, 6) is -3.57. The first-order chi connectivity index (χ1) is 11.3. The Labute approximate surface area is 137 Å². The van der Waals surface area contributed by atoms with E-state index in [1.54, 1.807) is 0 Å². The molecule has 1 aliphatic rings. The summed E-state index contributed by atoms with van der Waals surface area (Å²) in [7, 11) is 0. The first-order valence-electron chi connectivity index (χ1n) is 6.25. The number of thioether (sulfide) groups is 1. The lowest BCUT2D eigenvalue weighted by atomic mass is 10.2. The summed E-state index contributed by atoms with van der Waals surface area (Å²) >= 11 is 0.829. The number of halogens is 1. The number of hydrogen-bond acceptors (Lipinski definition) is 8. The number of nitrogens with one attached hydrogen (secondary N) is 1. The molecular weight excluding hydrogens is 347 g/mol. The van der Waals surface area contributed by atoms with Gasteiger partial charge in [0, 0.05) is 6.07 Å². The quantitative estimate of drug-likeness (QED) is 0.401. The summed E-state index contributed by atoms with van der Waals surface area (Å²) < 4.78 is 13.6. The van der Waals surface area contributed by atoms with Crippen LogP contribution >= 0.6 is 11.8 Å². The molecular formula is C12H9FN4O6S. The lowest BCUT2D eigenvalue weighted by molar-refractivity contribution is -0.385. The number of aromatic hydroxyl groups is 1. The Hall–Kier alpha value is -3.02. The van der Waals surface area contributed by atoms with Crippen molar-refractivity contribution in [1.82, 2.24) is 5.32 Å². The summed E-state index contributed by atoms with van der Waals surface area (Å²) in [6.45, 7) is 0. The van der Waals surface area contributed by atoms with E-state index in [0.29, 0.717) is 0 Å². The SMILES string of the molecule is O=C(O)CC1SC(=NN=Cc2c(F)ccc([N+](=O)[O-])c2O)NC1=O. The Morgan fingerprint density at radius 3 is 2.88 bits per heavy atom. The molecule has 24 heavy (non-hydrogen) atoms. The lowest BCUT2D eigenvalue weighted by Crippen LogP contribution is -2.26. The fraction of sp³-hybridized carbons (Fsp3) is 0.167. The molecule has 0 aromatic heterocycles. The van der Waals surface area contributed by atoms with E-state index >= 15 is 0 Å². The van der Waals surface area contributed by atoms with Crippen LogP contribution in [0.5, 0.6) is 5.75 Å². The van der Waals surface area contributed by atoms with Crippen LogP contribution in [0.25, 0.3) is 0 Å². The summed E-state index contributed by atoms with van der Waals surface area (Å²) in [6.07, 6.45) is 0.349. The standard InChI is InChI=1S/C12H9FN4O6S/c13-6-1-2-7(17(22)23)10(20)5(6)4-14-16-12-15-11(21)8(24-12)3-9(18)19/h1-2,4,8,20H,3H2,(H,18,19)(H,15,16,21). The first kappa shape index (κ1) is 17.3. The molecule has 126 valence electrons. The summed E-state index contributed by atoms with van der Waals surface area (Å²) in [5, 5.41) is 37.4. The lowest BCUT2D eigenvalue weighted by Gasteiger charge is -2.00. The fourth-order valence-corrected chi connectivity index (χ4v) is 2.64. The van der Waals surface area contributed by atoms with Crippen molar-refractivity contribution in [2.24, 2.45) is 10.2 Å². The van der Waals surface area contributed by atoms with Gasteiger partial charge in [0.2, 0.25) is 11.7 Å². The Kier molecular flexibility index (Phi) is 5.08. The van der Waals surface area contributed by atoms with Gasteiger partial charge in [-0.3, -0.25) is 19.7 Å². The molecule has 2 rings (SSSR count). The predicted octanol–water partition coefficient (Wildman–Crippen LogP) is 0.836. The normalized spacial score (nSPS) is 19.0. The van der Waals surface area contributed by atoms with Crippen molar-refractivity contribution in [3.8, 4) is 5.75 Å². The van der Waals surface area contributed by atoms with E-state index in [9.17, 15) is 29.2 Å². The molecule has 0 spiro atoms. The molecule has 12 heteroatoms. The molecule has 1 heterocycles. The monoisotopic (exact) mass is 356 g/mol. The van der Waals surface area contributed by atoms with Crippen molar-refractivity contribution >= 4 is 40.7 Å². The van der Waals surface area contributed by atoms with Crippen LogP contribution in [0.3, 0.4) is 0 Å². The van der Waals surface area contributed by atoms with Gasteiger partial charge in [0.15, 0.2) is 5.17 Å². The Bertz CT molecular complexity index is 781. The van der Waals surface area contributed by atoms with Crippen LogP contribution in [0.2, 0.25) is 0 Å². The highest BCUT2D eigenvalue weighted by molar-refractivity contribution is 8.15. The zero-order valence-electron chi connectivity index (χ0n) is 11.7. The van der Waals surface area contributed by atoms with Crippen LogP contribution < -0.4 is 5.32 Å². The highest BCUT2D eigenvalue weighted by Crippen LogP contribution is 2.30. The van der Waals surface area contributed by atoms with Crippen molar-refractivity contribution in [3.05, 3.63) is 33.6 Å². The van der Waals surface area contributed by atoms with E-state index in [4.69, 9.17) is 5.11 Å². The zero-order chi connectivity index (χ0) is 17.9. The van der Waals surface area contributed by atoms with E-state index in [1.165, 1.54) is 0 Å². The van der Waals surface area contributed by atoms with Gasteiger partial charge < -0.3 is 15.5 Å². The number of hydrogen-bond donors (Lipinski definition) is 3. The number of rotatable bonds is 5. The van der Waals surface area contributed by atoms with Gasteiger partial charge in [0.25, 0.3) is 0 Å². The van der Waals surface area contributed by atoms with Crippen LogP contribution in [-0.2, 0) is 9.59 Å². The molecule has 1 fully saturated rings. The average Bonchev–Trinajstić information content (AvgIpc) is 2.81. The number of nitrogens with zero attached hydrogens (tertiary/aromatic N) is 3. The Balaban J connectivity index is 2.18. The highest BCUT2D eigenvalue weighted by Gasteiger charge is 2.32. The number of phenols is 1. The number of nitro benzene ring substituents is 1. The molecule has 1 atom stereocenters. The number of aliphatic carboxylic acids is 1. The molecule has 1 aliphatic heterocycles. The molecule has 0 radical (unpaired) electrons. The molecule has 0 saturated carbocycles. The van der Waals surface area contributed by atoms with Crippen molar-refractivity contribution in [2.45, 2.75) is 11.7 Å². The Morgan fingerprint density at radius 2 is 2.25 bits per heavy atom. The second-order valence-electron chi connectivity index (χ2n) is 4.43. The molecule has 0 aliphatic carbocycles. The summed E-state index contributed by atoms with van der Waals surface area (Å²) in [5.41, 5.74) is -1.24. The van der Waals surface area contributed by atoms with Crippen molar-refractivity contribution in [1.29, 1.82) is 0 Å². The number of carboxylic acids is 1. The minimum absolute atomic E-state index is 0.00664. The molecule has 1 aromatic rings. The molecule has 10 nitrogen and oxygen atoms in total. The number of amides is 1. The summed E-state index contributed by atoms with van der Waals surface area (Å²) in [6, 6.07) is 1.60. The second kappa shape index (κ2) is 7.04. The number of nitro groups is 1. The van der Waals surface area contributed by atoms with Gasteiger partial charge >= 0.3 is 11.7 Å². The van der Waals surface area contributed by atoms with Crippen LogP contribution in [0, 0.1) is 15.9 Å². The number of phenolic OH excluding ortho intramolecular Hbond substituents is 1. The van der Waals surface area contributed by atoms with Crippen molar-refractivity contribution in [2.75, 3.05) is 0 Å². The number of carboxylic acid groups (broad SMARTS) is 1. The van der Waals surface area contributed by atoms with Gasteiger partial charge in [-0.25, -0.2) is 4.39 Å². The number of amidine groups is 1. The third kappa shape index (κ3) is 3.84. The zero-order valence-corrected chi connectivity index (χ0v) is 12.5. The average molecular weight is 356 g/mol. The number of carbonyl (C=O) groups excluding carboxylic acids is 1. The topological polar surface area (TPSA) is 154 Å². The largest absolute Gasteiger partial charge is 0.502 e. The highest BCUT2D eigenvalue weighted by atomic mass is 32.2. The molecule has 1 saturated heterocycles. The van der Waals surface area contributed by atoms with Crippen LogP contribution in [0.4, 0.5) is 10.1 Å². The van der Waals surface area contributed by atoms with E-state index in [0.717, 1.165) is 30.1 Å². The van der Waals surface area contributed by atoms with Gasteiger partial charge in [-0.15, -0.1) is 5.10 Å². The van der Waals surface area contributed by atoms with Crippen molar-refractivity contribution < 1.29 is 29.1 Å². The number of benzene rings is 1. The van der Waals surface area contributed by atoms with E-state index in [2.05, 4.69) is 15.5 Å². The molecule has 1 unspecified atom stereocenters. The van der Waals surface area contributed by atoms with Crippen LogP contribution in [0.15, 0.2) is 22.3 Å². The first-order valence-corrected chi connectivity index (χ1v) is 7.13. The van der Waals surface area contributed by atoms with Crippen LogP contribution in [-0.4, -0.2) is 43.6 Å². The maximum atomic E-state index is 13.6. The second-order valence-corrected chi connectivity index (χ2v) is 5.62. The van der Waals surface area contributed by atoms with Crippen molar-refractivity contribution in [3.63, 3.8) is 0 Å². The molecule has 1 amide bonds. The summed E-state index contributed by atoms with van der Waals surface area (Å²) in [4.78, 5) is 31.9. The Morgan fingerprint density at radius 1 is 1.54 bits per heavy atom. The maximum absolute atomic E-state index is 13.6. The third-order valence-corrected chi connectivity index (χ3v) is 3.88. The van der Waals surface area contributed by atoms with Crippen LogP contribution in [0.1, 0.15) is 12.0 Å². The van der Waals surface area contributed by atoms with Gasteiger partial charge in [-0.1, -0.05) is 11.8 Å². The smallest absolute Gasteiger partial charge is 0.311 e. The van der Waals surface area contributed by atoms with E-state index < -0.39 is 51.3 Å². The minimum Gasteiger partial charge on any atom is -0.502 e. The predicted molar refractivity (Wildman–Crippen MR) is 81.5 cm³/mol. The van der Waals surface area contributed by atoms with Gasteiger partial charge in [-0.2, -0.15) is 5.10 Å². The van der Waals surface area contributed by atoms with Gasteiger partial charge in [-0.05, 0) is 6.07 Å². The minimum atomic E-state index is -1.16. The van der Waals surface area contributed by atoms with Gasteiger partial charge in [0.05, 0.1) is 23.1 Å². The van der Waals surface area contributed by atoms with Gasteiger partial charge in [0.1, 0.15) is 11.1 Å². The maximum Gasteiger partial charge on any atom is 0.311 e. The van der Waals surface area contributed by atoms with E-state index in [1.807, 2.05) is 0 Å². The molecule has 1 aromatic carbocycles. The van der Waals surface area contributed by atoms with E-state index in [-0.39, 0.29) is 5.17 Å². The third-order valence-electron chi connectivity index (χ3n) is 2.81. The fourth-order valence-electron chi connectivity index (χ4n) is 1.73. The number of carbonyl (C=O) groups is 2.